The van der Waals surface area contributed by atoms with Gasteiger partial charge in [-0.15, -0.1) is 0 Å². The van der Waals surface area contributed by atoms with Crippen LogP contribution >= 0.6 is 11.3 Å². The van der Waals surface area contributed by atoms with Gasteiger partial charge in [-0.3, -0.25) is 14.9 Å². The molecule has 7 heteroatoms. The Balaban J connectivity index is 1.75. The highest BCUT2D eigenvalue weighted by atomic mass is 32.1. The number of fused-ring (bicyclic) bond motifs is 2. The van der Waals surface area contributed by atoms with Gasteiger partial charge in [-0.2, -0.15) is 5.10 Å². The molecule has 25 heavy (non-hydrogen) atoms. The summed E-state index contributed by atoms with van der Waals surface area (Å²) in [5.74, 6) is -0.402. The largest absolute Gasteiger partial charge is 0.296 e. The first-order valence-electron chi connectivity index (χ1n) is 7.69. The standard InChI is InChI=1S/C18H14N4O2S/c1-9-7-10(2)14-13(8-9)25-18(19-14)20-17(24)15-11-5-3-4-6-12(11)16(23)22-21-15/h3-8H,1-2H3,(H,22,23)(H,19,20,24). The molecule has 2 aromatic carbocycles. The highest BCUT2D eigenvalue weighted by Gasteiger charge is 2.16. The van der Waals surface area contributed by atoms with Gasteiger partial charge in [0.2, 0.25) is 0 Å². The van der Waals surface area contributed by atoms with Gasteiger partial charge in [0.1, 0.15) is 0 Å². The maximum atomic E-state index is 12.6. The summed E-state index contributed by atoms with van der Waals surface area (Å²) in [7, 11) is 0. The number of aryl methyl sites for hydroxylation is 2. The molecule has 2 heterocycles. The van der Waals surface area contributed by atoms with E-state index < -0.39 is 5.91 Å². The van der Waals surface area contributed by atoms with Gasteiger partial charge >= 0.3 is 0 Å². The molecule has 0 atom stereocenters. The molecule has 2 aromatic heterocycles. The second-order valence-electron chi connectivity index (χ2n) is 5.85. The summed E-state index contributed by atoms with van der Waals surface area (Å²) < 4.78 is 1.02. The third kappa shape index (κ3) is 2.68. The molecule has 0 spiro atoms. The molecule has 4 rings (SSSR count). The monoisotopic (exact) mass is 350 g/mol. The lowest BCUT2D eigenvalue weighted by Gasteiger charge is -2.04. The van der Waals surface area contributed by atoms with Crippen LogP contribution in [0.25, 0.3) is 21.0 Å². The van der Waals surface area contributed by atoms with Crippen LogP contribution in [0.1, 0.15) is 21.6 Å². The molecule has 0 bridgehead atoms. The number of aromatic amines is 1. The van der Waals surface area contributed by atoms with Gasteiger partial charge in [0.05, 0.1) is 15.6 Å². The van der Waals surface area contributed by atoms with Crippen LogP contribution in [-0.2, 0) is 0 Å². The Labute approximate surface area is 146 Å². The van der Waals surface area contributed by atoms with E-state index in [0.717, 1.165) is 21.3 Å². The van der Waals surface area contributed by atoms with Gasteiger partial charge in [-0.25, -0.2) is 10.1 Å². The van der Waals surface area contributed by atoms with Gasteiger partial charge in [0, 0.05) is 5.39 Å². The first-order chi connectivity index (χ1) is 12.0. The maximum Gasteiger partial charge on any atom is 0.278 e. The molecule has 0 saturated carbocycles. The zero-order valence-corrected chi connectivity index (χ0v) is 14.4. The third-order valence-corrected chi connectivity index (χ3v) is 4.88. The highest BCUT2D eigenvalue weighted by Crippen LogP contribution is 2.29. The quantitative estimate of drug-likeness (QED) is 0.580. The predicted octanol–water partition coefficient (Wildman–Crippen LogP) is 3.40. The second kappa shape index (κ2) is 5.78. The molecule has 2 N–H and O–H groups in total. The fourth-order valence-electron chi connectivity index (χ4n) is 2.87. The molecule has 0 fully saturated rings. The number of thiazole rings is 1. The zero-order chi connectivity index (χ0) is 17.6. The van der Waals surface area contributed by atoms with E-state index in [4.69, 9.17) is 0 Å². The normalized spacial score (nSPS) is 11.1. The van der Waals surface area contributed by atoms with Crippen LogP contribution in [0.3, 0.4) is 0 Å². The number of rotatable bonds is 2. The summed E-state index contributed by atoms with van der Waals surface area (Å²) in [6.07, 6.45) is 0. The Morgan fingerprint density at radius 2 is 1.92 bits per heavy atom. The number of nitrogens with one attached hydrogen (secondary N) is 2. The van der Waals surface area contributed by atoms with E-state index in [1.807, 2.05) is 19.9 Å². The number of hydrogen-bond acceptors (Lipinski definition) is 5. The molecule has 0 aliphatic rings. The van der Waals surface area contributed by atoms with E-state index in [9.17, 15) is 9.59 Å². The lowest BCUT2D eigenvalue weighted by Crippen LogP contribution is -2.19. The number of carbonyl (C=O) groups is 1. The second-order valence-corrected chi connectivity index (χ2v) is 6.88. The molecule has 0 unspecified atom stereocenters. The number of amides is 1. The minimum Gasteiger partial charge on any atom is -0.296 e. The number of nitrogens with zero attached hydrogens (tertiary/aromatic N) is 2. The van der Waals surface area contributed by atoms with Gasteiger partial charge < -0.3 is 0 Å². The van der Waals surface area contributed by atoms with Crippen LogP contribution in [0.4, 0.5) is 5.13 Å². The number of aromatic nitrogens is 3. The first kappa shape index (κ1) is 15.5. The molecule has 6 nitrogen and oxygen atoms in total. The molecule has 0 aliphatic heterocycles. The molecule has 0 aliphatic carbocycles. The molecule has 1 amide bonds. The Kier molecular flexibility index (Phi) is 3.58. The minimum absolute atomic E-state index is 0.169. The van der Waals surface area contributed by atoms with Crippen molar-refractivity contribution in [2.75, 3.05) is 5.32 Å². The van der Waals surface area contributed by atoms with Gasteiger partial charge in [0.15, 0.2) is 10.8 Å². The Bertz CT molecular complexity index is 1190. The molecular weight excluding hydrogens is 336 g/mol. The van der Waals surface area contributed by atoms with Crippen molar-refractivity contribution in [3.05, 3.63) is 63.6 Å². The topological polar surface area (TPSA) is 87.7 Å². The molecule has 0 radical (unpaired) electrons. The third-order valence-electron chi connectivity index (χ3n) is 3.96. The van der Waals surface area contributed by atoms with Crippen molar-refractivity contribution >= 4 is 43.4 Å². The van der Waals surface area contributed by atoms with Crippen LogP contribution in [0, 0.1) is 13.8 Å². The van der Waals surface area contributed by atoms with Crippen molar-refractivity contribution in [2.24, 2.45) is 0 Å². The van der Waals surface area contributed by atoms with E-state index in [2.05, 4.69) is 26.6 Å². The smallest absolute Gasteiger partial charge is 0.278 e. The Hall–Kier alpha value is -3.06. The zero-order valence-electron chi connectivity index (χ0n) is 13.6. The summed E-state index contributed by atoms with van der Waals surface area (Å²) in [6, 6.07) is 11.0. The van der Waals surface area contributed by atoms with Crippen molar-refractivity contribution in [2.45, 2.75) is 13.8 Å². The fraction of sp³-hybridized carbons (Fsp3) is 0.111. The van der Waals surface area contributed by atoms with Crippen molar-refractivity contribution in [3.63, 3.8) is 0 Å². The van der Waals surface area contributed by atoms with E-state index in [1.54, 1.807) is 24.3 Å². The highest BCUT2D eigenvalue weighted by molar-refractivity contribution is 7.22. The summed E-state index contributed by atoms with van der Waals surface area (Å²) in [6.45, 7) is 4.03. The molecule has 0 saturated heterocycles. The number of H-pyrrole nitrogens is 1. The van der Waals surface area contributed by atoms with E-state index in [0.29, 0.717) is 15.9 Å². The Morgan fingerprint density at radius 1 is 1.16 bits per heavy atom. The first-order valence-corrected chi connectivity index (χ1v) is 8.51. The molecule has 124 valence electrons. The van der Waals surface area contributed by atoms with Crippen molar-refractivity contribution in [1.82, 2.24) is 15.2 Å². The summed E-state index contributed by atoms with van der Waals surface area (Å²) >= 11 is 1.41. The Morgan fingerprint density at radius 3 is 2.72 bits per heavy atom. The van der Waals surface area contributed by atoms with E-state index in [-0.39, 0.29) is 11.3 Å². The number of anilines is 1. The fourth-order valence-corrected chi connectivity index (χ4v) is 3.91. The van der Waals surface area contributed by atoms with Crippen LogP contribution in [0.15, 0.2) is 41.2 Å². The van der Waals surface area contributed by atoms with E-state index in [1.165, 1.54) is 11.3 Å². The summed E-state index contributed by atoms with van der Waals surface area (Å²) in [5, 5.41) is 10.5. The van der Waals surface area contributed by atoms with Gasteiger partial charge in [0.25, 0.3) is 11.5 Å². The van der Waals surface area contributed by atoms with Crippen LogP contribution < -0.4 is 10.9 Å². The summed E-state index contributed by atoms with van der Waals surface area (Å²) in [5.41, 5.74) is 2.95. The summed E-state index contributed by atoms with van der Waals surface area (Å²) in [4.78, 5) is 29.0. The molecular formula is C18H14N4O2S. The molecule has 4 aromatic rings. The van der Waals surface area contributed by atoms with Crippen molar-refractivity contribution in [3.8, 4) is 0 Å². The minimum atomic E-state index is -0.402. The van der Waals surface area contributed by atoms with Gasteiger partial charge in [-0.1, -0.05) is 35.6 Å². The van der Waals surface area contributed by atoms with Crippen molar-refractivity contribution < 1.29 is 4.79 Å². The SMILES string of the molecule is Cc1cc(C)c2nc(NC(=O)c3n[nH]c(=O)c4ccccc34)sc2c1. The number of carbonyl (C=O) groups excluding carboxylic acids is 1. The van der Waals surface area contributed by atoms with Crippen LogP contribution in [0.5, 0.6) is 0 Å². The maximum absolute atomic E-state index is 12.6. The number of benzene rings is 2. The average molecular weight is 350 g/mol. The van der Waals surface area contributed by atoms with Crippen LogP contribution in [-0.4, -0.2) is 21.1 Å². The average Bonchev–Trinajstić information content (AvgIpc) is 2.98. The van der Waals surface area contributed by atoms with Gasteiger partial charge in [-0.05, 0) is 37.1 Å². The van der Waals surface area contributed by atoms with Crippen molar-refractivity contribution in [1.29, 1.82) is 0 Å². The predicted molar refractivity (Wildman–Crippen MR) is 99.4 cm³/mol. The lowest BCUT2D eigenvalue weighted by molar-refractivity contribution is 0.102. The lowest BCUT2D eigenvalue weighted by atomic mass is 10.1. The number of hydrogen-bond donors (Lipinski definition) is 2. The van der Waals surface area contributed by atoms with Crippen LogP contribution in [0.2, 0.25) is 0 Å². The van der Waals surface area contributed by atoms with E-state index >= 15 is 0 Å².